The van der Waals surface area contributed by atoms with E-state index in [0.29, 0.717) is 11.7 Å². The zero-order valence-electron chi connectivity index (χ0n) is 18.4. The van der Waals surface area contributed by atoms with Gasteiger partial charge in [-0.2, -0.15) is 0 Å². The molecule has 0 aromatic heterocycles. The van der Waals surface area contributed by atoms with Crippen LogP contribution in [0.15, 0.2) is 24.3 Å². The molecule has 0 bridgehead atoms. The first kappa shape index (κ1) is 20.5. The Morgan fingerprint density at radius 3 is 2.13 bits per heavy atom. The van der Waals surface area contributed by atoms with Crippen molar-refractivity contribution < 1.29 is 24.1 Å². The lowest BCUT2D eigenvalue weighted by Gasteiger charge is -2.42. The van der Waals surface area contributed by atoms with Gasteiger partial charge in [0.15, 0.2) is 11.6 Å². The van der Waals surface area contributed by atoms with Gasteiger partial charge < -0.3 is 29.0 Å². The monoisotopic (exact) mass is 418 g/mol. The third-order valence-corrected chi connectivity index (χ3v) is 6.79. The van der Waals surface area contributed by atoms with Gasteiger partial charge in [-0.3, -0.25) is 4.90 Å². The van der Waals surface area contributed by atoms with Crippen LogP contribution in [0.3, 0.4) is 0 Å². The minimum Gasteiger partial charge on any atom is -0.508 e. The molecule has 0 amide bonds. The molecule has 7 heteroatoms. The molecule has 1 N–H and O–H groups in total. The molecular formula is C23H34N2O5. The smallest absolute Gasteiger partial charge is 0.163 e. The Labute approximate surface area is 178 Å². The first-order chi connectivity index (χ1) is 14.2. The van der Waals surface area contributed by atoms with Crippen LogP contribution < -0.4 is 4.90 Å². The quantitative estimate of drug-likeness (QED) is 0.809. The minimum absolute atomic E-state index is 0.0360. The molecule has 3 saturated heterocycles. The van der Waals surface area contributed by atoms with Gasteiger partial charge in [0.2, 0.25) is 0 Å². The molecule has 3 heterocycles. The fourth-order valence-electron chi connectivity index (χ4n) is 5.55. The Balaban J connectivity index is 1.24. The molecule has 4 aliphatic rings. The fraction of sp³-hybridized carbons (Fsp3) is 0.739. The first-order valence-electron chi connectivity index (χ1n) is 11.2. The number of ether oxygens (including phenoxy) is 4. The van der Waals surface area contributed by atoms with Crippen LogP contribution in [-0.2, 0) is 18.9 Å². The Morgan fingerprint density at radius 1 is 0.833 bits per heavy atom. The average Bonchev–Trinajstić information content (AvgIpc) is 3.17. The van der Waals surface area contributed by atoms with Gasteiger partial charge in [0, 0.05) is 44.3 Å². The van der Waals surface area contributed by atoms with Crippen LogP contribution in [0.4, 0.5) is 5.69 Å². The maximum absolute atomic E-state index is 9.52. The van der Waals surface area contributed by atoms with Crippen LogP contribution in [0.1, 0.15) is 34.1 Å². The van der Waals surface area contributed by atoms with Crippen molar-refractivity contribution >= 4 is 5.69 Å². The summed E-state index contributed by atoms with van der Waals surface area (Å²) in [7, 11) is 0. The lowest BCUT2D eigenvalue weighted by molar-refractivity contribution is -0.176. The highest BCUT2D eigenvalue weighted by atomic mass is 16.8. The number of anilines is 1. The second kappa shape index (κ2) is 7.35. The first-order valence-corrected chi connectivity index (χ1v) is 11.2. The van der Waals surface area contributed by atoms with Gasteiger partial charge >= 0.3 is 0 Å². The second-order valence-corrected chi connectivity index (χ2v) is 10.0. The number of fused-ring (bicyclic) bond motifs is 3. The van der Waals surface area contributed by atoms with E-state index in [4.69, 9.17) is 18.9 Å². The lowest BCUT2D eigenvalue weighted by atomic mass is 9.80. The second-order valence-electron chi connectivity index (χ2n) is 10.0. The van der Waals surface area contributed by atoms with Crippen LogP contribution in [0.25, 0.3) is 0 Å². The van der Waals surface area contributed by atoms with E-state index < -0.39 is 11.6 Å². The number of hydrogen-bond acceptors (Lipinski definition) is 7. The lowest BCUT2D eigenvalue weighted by Crippen LogP contribution is -2.55. The van der Waals surface area contributed by atoms with Crippen molar-refractivity contribution in [2.24, 2.45) is 5.92 Å². The molecule has 0 radical (unpaired) electrons. The van der Waals surface area contributed by atoms with E-state index in [1.807, 2.05) is 39.8 Å². The molecule has 3 aliphatic heterocycles. The summed E-state index contributed by atoms with van der Waals surface area (Å²) in [5, 5.41) is 9.52. The minimum atomic E-state index is -0.587. The Bertz CT molecular complexity index is 759. The number of aromatic hydroxyl groups is 1. The zero-order chi connectivity index (χ0) is 21.1. The van der Waals surface area contributed by atoms with Crippen molar-refractivity contribution in [2.45, 2.75) is 70.1 Å². The molecule has 4 fully saturated rings. The van der Waals surface area contributed by atoms with Crippen LogP contribution in [0.5, 0.6) is 5.75 Å². The van der Waals surface area contributed by atoms with Crippen molar-refractivity contribution in [1.82, 2.24) is 4.90 Å². The number of phenolic OH excluding ortho intramolecular Hbond substituents is 1. The molecule has 1 saturated carbocycles. The van der Waals surface area contributed by atoms with E-state index in [-0.39, 0.29) is 24.4 Å². The van der Waals surface area contributed by atoms with Gasteiger partial charge in [-0.15, -0.1) is 0 Å². The molecule has 0 spiro atoms. The molecule has 166 valence electrons. The predicted molar refractivity (Wildman–Crippen MR) is 113 cm³/mol. The fourth-order valence-corrected chi connectivity index (χ4v) is 5.55. The van der Waals surface area contributed by atoms with Crippen molar-refractivity contribution in [3.05, 3.63) is 24.3 Å². The topological polar surface area (TPSA) is 63.6 Å². The molecule has 7 nitrogen and oxygen atoms in total. The largest absolute Gasteiger partial charge is 0.508 e. The van der Waals surface area contributed by atoms with Gasteiger partial charge in [-0.05, 0) is 58.4 Å². The number of rotatable bonds is 3. The molecule has 5 atom stereocenters. The Hall–Kier alpha value is -1.38. The predicted octanol–water partition coefficient (Wildman–Crippen LogP) is 2.57. The van der Waals surface area contributed by atoms with Crippen LogP contribution in [0.2, 0.25) is 0 Å². The van der Waals surface area contributed by atoms with E-state index in [1.165, 1.54) is 5.69 Å². The van der Waals surface area contributed by atoms with E-state index in [1.54, 1.807) is 12.1 Å². The van der Waals surface area contributed by atoms with Gasteiger partial charge in [-0.1, -0.05) is 0 Å². The molecule has 1 aliphatic carbocycles. The van der Waals surface area contributed by atoms with Gasteiger partial charge in [0.1, 0.15) is 18.0 Å². The Kier molecular flexibility index (Phi) is 5.02. The average molecular weight is 419 g/mol. The summed E-state index contributed by atoms with van der Waals surface area (Å²) in [5.74, 6) is -0.488. The number of phenols is 1. The molecular weight excluding hydrogens is 384 g/mol. The van der Waals surface area contributed by atoms with Crippen molar-refractivity contribution in [3.63, 3.8) is 0 Å². The maximum atomic E-state index is 9.52. The van der Waals surface area contributed by atoms with Crippen LogP contribution >= 0.6 is 0 Å². The number of hydrogen-bond donors (Lipinski definition) is 1. The van der Waals surface area contributed by atoms with Gasteiger partial charge in [-0.25, -0.2) is 0 Å². The summed E-state index contributed by atoms with van der Waals surface area (Å²) >= 11 is 0. The van der Waals surface area contributed by atoms with E-state index in [0.717, 1.165) is 39.1 Å². The van der Waals surface area contributed by atoms with E-state index in [9.17, 15) is 5.11 Å². The van der Waals surface area contributed by atoms with E-state index in [2.05, 4.69) is 9.80 Å². The van der Waals surface area contributed by atoms with Crippen LogP contribution in [0, 0.1) is 5.92 Å². The summed E-state index contributed by atoms with van der Waals surface area (Å²) in [6.07, 6.45) is 0.890. The summed E-state index contributed by atoms with van der Waals surface area (Å²) in [5.41, 5.74) is 1.17. The Morgan fingerprint density at radius 2 is 1.43 bits per heavy atom. The maximum Gasteiger partial charge on any atom is 0.163 e. The SMILES string of the molecule is CC1(C)O[C@H]2[C@@H](O1)[C@@H](CN1CCN(c3ccc(O)cc3)CC1)C[C@H]1OC(C)(C)O[C@@H]21. The zero-order valence-corrected chi connectivity index (χ0v) is 18.4. The third-order valence-electron chi connectivity index (χ3n) is 6.79. The van der Waals surface area contributed by atoms with E-state index >= 15 is 0 Å². The van der Waals surface area contributed by atoms with Crippen LogP contribution in [-0.4, -0.2) is 78.7 Å². The molecule has 0 unspecified atom stereocenters. The summed E-state index contributed by atoms with van der Waals surface area (Å²) in [6, 6.07) is 7.49. The number of benzene rings is 1. The summed E-state index contributed by atoms with van der Waals surface area (Å²) < 4.78 is 25.1. The highest BCUT2D eigenvalue weighted by Gasteiger charge is 2.59. The van der Waals surface area contributed by atoms with Gasteiger partial charge in [0.05, 0.1) is 12.2 Å². The highest BCUT2D eigenvalue weighted by Crippen LogP contribution is 2.47. The van der Waals surface area contributed by atoms with Crippen molar-refractivity contribution in [1.29, 1.82) is 0 Å². The molecule has 1 aromatic rings. The van der Waals surface area contributed by atoms with Crippen molar-refractivity contribution in [2.75, 3.05) is 37.6 Å². The molecule has 1 aromatic carbocycles. The van der Waals surface area contributed by atoms with Gasteiger partial charge in [0.25, 0.3) is 0 Å². The normalized spacial score (nSPS) is 37.7. The van der Waals surface area contributed by atoms with Crippen molar-refractivity contribution in [3.8, 4) is 5.75 Å². The number of nitrogens with zero attached hydrogens (tertiary/aromatic N) is 2. The number of piperazine rings is 1. The third kappa shape index (κ3) is 3.94. The summed E-state index contributed by atoms with van der Waals surface area (Å²) in [6.45, 7) is 12.9. The molecule has 30 heavy (non-hydrogen) atoms. The summed E-state index contributed by atoms with van der Waals surface area (Å²) in [4.78, 5) is 4.92. The standard InChI is InChI=1S/C23H34N2O5/c1-22(2)27-18-13-15(19-21(20(18)29-22)30-23(3,4)28-19)14-24-9-11-25(12-10-24)16-5-7-17(26)8-6-16/h5-8,15,18-21,26H,9-14H2,1-4H3/t15-,18-,19+,20-,21+/m1/s1. The highest BCUT2D eigenvalue weighted by molar-refractivity contribution is 5.49. The molecule has 5 rings (SSSR count).